The lowest BCUT2D eigenvalue weighted by atomic mass is 10.0. The Morgan fingerprint density at radius 2 is 1.75 bits per heavy atom. The van der Waals surface area contributed by atoms with E-state index in [1.165, 1.54) is 12.1 Å². The van der Waals surface area contributed by atoms with Crippen molar-refractivity contribution < 1.29 is 18.8 Å². The number of methoxy groups -OCH3 is 1. The van der Waals surface area contributed by atoms with Gasteiger partial charge in [-0.1, -0.05) is 42.5 Å². The molecule has 5 heteroatoms. The predicted octanol–water partition coefficient (Wildman–Crippen LogP) is 3.23. The van der Waals surface area contributed by atoms with Crippen molar-refractivity contribution >= 4 is 11.6 Å². The lowest BCUT2D eigenvalue weighted by Crippen LogP contribution is -3.09. The molecule has 144 valence electrons. The van der Waals surface area contributed by atoms with Crippen LogP contribution in [0.2, 0.25) is 0 Å². The van der Waals surface area contributed by atoms with Crippen molar-refractivity contribution in [1.82, 2.24) is 0 Å². The molecule has 0 bridgehead atoms. The van der Waals surface area contributed by atoms with Gasteiger partial charge in [0.1, 0.15) is 18.1 Å². The molecule has 0 aliphatic rings. The first kappa shape index (κ1) is 19.6. The Labute approximate surface area is 164 Å². The van der Waals surface area contributed by atoms with Crippen molar-refractivity contribution in [2.24, 2.45) is 0 Å². The van der Waals surface area contributed by atoms with E-state index in [0.29, 0.717) is 12.2 Å². The molecule has 2 N–H and O–H groups in total. The minimum Gasteiger partial charge on any atom is -0.497 e. The maximum atomic E-state index is 13.2. The molecular weight excluding hydrogens is 355 g/mol. The number of carbonyl (C=O) groups is 1. The van der Waals surface area contributed by atoms with Crippen LogP contribution in [0.15, 0.2) is 78.9 Å². The number of halogens is 1. The Bertz CT molecular complexity index is 913. The van der Waals surface area contributed by atoms with Gasteiger partial charge in [0.25, 0.3) is 5.91 Å². The minimum atomic E-state index is -0.419. The summed E-state index contributed by atoms with van der Waals surface area (Å²) in [6.07, 6.45) is 0. The van der Waals surface area contributed by atoms with E-state index >= 15 is 0 Å². The van der Waals surface area contributed by atoms with Gasteiger partial charge in [-0.05, 0) is 36.4 Å². The maximum absolute atomic E-state index is 13.2. The highest BCUT2D eigenvalue weighted by atomic mass is 19.1. The van der Waals surface area contributed by atoms with Gasteiger partial charge in [-0.25, -0.2) is 4.39 Å². The number of hydrogen-bond donors (Lipinski definition) is 2. The first-order chi connectivity index (χ1) is 13.6. The van der Waals surface area contributed by atoms with Crippen molar-refractivity contribution in [3.8, 4) is 5.75 Å². The van der Waals surface area contributed by atoms with Crippen LogP contribution in [0.5, 0.6) is 5.75 Å². The van der Waals surface area contributed by atoms with Crippen LogP contribution in [-0.4, -0.2) is 20.1 Å². The summed E-state index contributed by atoms with van der Waals surface area (Å²) in [5.74, 6) is 0.314. The molecule has 4 nitrogen and oxygen atoms in total. The third-order valence-corrected chi connectivity index (χ3v) is 4.62. The Balaban J connectivity index is 1.83. The number of ether oxygens (including phenoxy) is 1. The first-order valence-corrected chi connectivity index (χ1v) is 9.13. The zero-order valence-corrected chi connectivity index (χ0v) is 16.0. The number of likely N-dealkylation sites (N-methyl/N-ethyl adjacent to an activating group) is 1. The van der Waals surface area contributed by atoms with Crippen LogP contribution in [0, 0.1) is 5.82 Å². The van der Waals surface area contributed by atoms with Crippen LogP contribution in [0.1, 0.15) is 17.2 Å². The second-order valence-corrected chi connectivity index (χ2v) is 6.71. The number of nitrogens with one attached hydrogen (secondary N) is 2. The van der Waals surface area contributed by atoms with E-state index in [1.54, 1.807) is 19.2 Å². The fraction of sp³-hybridized carbons (Fsp3) is 0.174. The zero-order valence-electron chi connectivity index (χ0n) is 16.0. The lowest BCUT2D eigenvalue weighted by molar-refractivity contribution is -0.915. The van der Waals surface area contributed by atoms with Gasteiger partial charge >= 0.3 is 0 Å². The Morgan fingerprint density at radius 1 is 1.04 bits per heavy atom. The number of rotatable bonds is 7. The standard InChI is InChI=1S/C23H23FN2O2/c1-26(16-17-7-6-10-21(15-17)28-2)22(18-8-4-3-5-9-18)23(27)25-20-13-11-19(24)12-14-20/h3-15,22H,16H2,1-2H3,(H,25,27)/p+1/t22-/m0/s1. The molecule has 3 aromatic rings. The average molecular weight is 379 g/mol. The van der Waals surface area contributed by atoms with Crippen molar-refractivity contribution in [2.75, 3.05) is 19.5 Å². The fourth-order valence-electron chi connectivity index (χ4n) is 3.26. The highest BCUT2D eigenvalue weighted by Gasteiger charge is 2.29. The van der Waals surface area contributed by atoms with Gasteiger partial charge < -0.3 is 15.0 Å². The van der Waals surface area contributed by atoms with Crippen LogP contribution < -0.4 is 15.0 Å². The Hall–Kier alpha value is -3.18. The van der Waals surface area contributed by atoms with Crippen LogP contribution >= 0.6 is 0 Å². The normalized spacial score (nSPS) is 12.8. The number of hydrogen-bond acceptors (Lipinski definition) is 2. The molecule has 0 aliphatic carbocycles. The van der Waals surface area contributed by atoms with Crippen LogP contribution in [0.3, 0.4) is 0 Å². The summed E-state index contributed by atoms with van der Waals surface area (Å²) in [6, 6.07) is 22.9. The average Bonchev–Trinajstić information content (AvgIpc) is 2.71. The van der Waals surface area contributed by atoms with Gasteiger partial charge in [-0.15, -0.1) is 0 Å². The maximum Gasteiger partial charge on any atom is 0.287 e. The topological polar surface area (TPSA) is 42.8 Å². The Kier molecular flexibility index (Phi) is 6.40. The van der Waals surface area contributed by atoms with E-state index < -0.39 is 6.04 Å². The van der Waals surface area contributed by atoms with Crippen molar-refractivity contribution in [3.63, 3.8) is 0 Å². The number of carbonyl (C=O) groups excluding carboxylic acids is 1. The largest absolute Gasteiger partial charge is 0.497 e. The molecule has 3 aromatic carbocycles. The smallest absolute Gasteiger partial charge is 0.287 e. The molecule has 1 unspecified atom stereocenters. The molecule has 0 aliphatic heterocycles. The summed E-state index contributed by atoms with van der Waals surface area (Å²) in [4.78, 5) is 14.1. The van der Waals surface area contributed by atoms with E-state index in [2.05, 4.69) is 5.32 Å². The molecule has 0 spiro atoms. The van der Waals surface area contributed by atoms with E-state index in [9.17, 15) is 9.18 Å². The molecule has 0 saturated heterocycles. The molecular formula is C23H24FN2O2+. The highest BCUT2D eigenvalue weighted by Crippen LogP contribution is 2.16. The summed E-state index contributed by atoms with van der Waals surface area (Å²) in [7, 11) is 3.62. The van der Waals surface area contributed by atoms with E-state index in [-0.39, 0.29) is 11.7 Å². The van der Waals surface area contributed by atoms with E-state index in [0.717, 1.165) is 21.8 Å². The first-order valence-electron chi connectivity index (χ1n) is 9.13. The van der Waals surface area contributed by atoms with Gasteiger partial charge in [0.05, 0.1) is 14.2 Å². The zero-order chi connectivity index (χ0) is 19.9. The molecule has 0 heterocycles. The third-order valence-electron chi connectivity index (χ3n) is 4.62. The molecule has 3 rings (SSSR count). The van der Waals surface area contributed by atoms with Crippen molar-refractivity contribution in [3.05, 3.63) is 95.8 Å². The molecule has 0 aromatic heterocycles. The van der Waals surface area contributed by atoms with Gasteiger partial charge in [0, 0.05) is 16.8 Å². The fourth-order valence-corrected chi connectivity index (χ4v) is 3.26. The lowest BCUT2D eigenvalue weighted by Gasteiger charge is -2.25. The summed E-state index contributed by atoms with van der Waals surface area (Å²) in [6.45, 7) is 0.646. The summed E-state index contributed by atoms with van der Waals surface area (Å²) in [5.41, 5.74) is 2.57. The molecule has 0 saturated carbocycles. The van der Waals surface area contributed by atoms with Crippen LogP contribution in [-0.2, 0) is 11.3 Å². The highest BCUT2D eigenvalue weighted by molar-refractivity contribution is 5.94. The number of quaternary nitrogens is 1. The van der Waals surface area contributed by atoms with Crippen molar-refractivity contribution in [2.45, 2.75) is 12.6 Å². The van der Waals surface area contributed by atoms with E-state index in [4.69, 9.17) is 4.74 Å². The molecule has 2 atom stereocenters. The molecule has 0 fully saturated rings. The number of benzene rings is 3. The van der Waals surface area contributed by atoms with Gasteiger partial charge in [-0.2, -0.15) is 0 Å². The minimum absolute atomic E-state index is 0.141. The quantitative estimate of drug-likeness (QED) is 0.662. The molecule has 1 amide bonds. The van der Waals surface area contributed by atoms with Gasteiger partial charge in [0.15, 0.2) is 6.04 Å². The second-order valence-electron chi connectivity index (χ2n) is 6.71. The summed E-state index contributed by atoms with van der Waals surface area (Å²) >= 11 is 0. The summed E-state index contributed by atoms with van der Waals surface area (Å²) < 4.78 is 18.5. The number of amides is 1. The van der Waals surface area contributed by atoms with Gasteiger partial charge in [0.2, 0.25) is 0 Å². The molecule has 0 radical (unpaired) electrons. The SMILES string of the molecule is COc1cccc(C[NH+](C)[C@H](C(=O)Nc2ccc(F)cc2)c2ccccc2)c1. The van der Waals surface area contributed by atoms with Crippen molar-refractivity contribution in [1.29, 1.82) is 0 Å². The van der Waals surface area contributed by atoms with Crippen LogP contribution in [0.25, 0.3) is 0 Å². The summed E-state index contributed by atoms with van der Waals surface area (Å²) in [5, 5.41) is 2.91. The van der Waals surface area contributed by atoms with E-state index in [1.807, 2.05) is 61.6 Å². The number of anilines is 1. The predicted molar refractivity (Wildman–Crippen MR) is 108 cm³/mol. The van der Waals surface area contributed by atoms with Crippen LogP contribution in [0.4, 0.5) is 10.1 Å². The monoisotopic (exact) mass is 379 g/mol. The van der Waals surface area contributed by atoms with Gasteiger partial charge in [-0.3, -0.25) is 4.79 Å². The third kappa shape index (κ3) is 4.96. The Morgan fingerprint density at radius 3 is 2.43 bits per heavy atom. The second kappa shape index (κ2) is 9.15. The molecule has 28 heavy (non-hydrogen) atoms.